The molecule has 4 aromatic carbocycles. The smallest absolute Gasteiger partial charge is 0.0105 e. The Balaban J connectivity index is 0.000000894. The fourth-order valence-electron chi connectivity index (χ4n) is 3.36. The van der Waals surface area contributed by atoms with Gasteiger partial charge in [-0.05, 0) is 46.9 Å². The molecule has 0 spiro atoms. The number of hydrogen-bond donors (Lipinski definition) is 0. The van der Waals surface area contributed by atoms with E-state index in [4.69, 9.17) is 0 Å². The van der Waals surface area contributed by atoms with Crippen molar-refractivity contribution in [2.75, 3.05) is 0 Å². The normalized spacial score (nSPS) is 10.1. The van der Waals surface area contributed by atoms with Crippen LogP contribution < -0.4 is 0 Å². The molecule has 0 fully saturated rings. The van der Waals surface area contributed by atoms with Crippen LogP contribution in [0, 0.1) is 13.8 Å². The maximum absolute atomic E-state index is 2.24. The quantitative estimate of drug-likeness (QED) is 0.271. The summed E-state index contributed by atoms with van der Waals surface area (Å²) < 4.78 is 0. The maximum Gasteiger partial charge on any atom is -0.0105 e. The van der Waals surface area contributed by atoms with Crippen LogP contribution >= 0.6 is 0 Å². The molecule has 0 heterocycles. The van der Waals surface area contributed by atoms with Gasteiger partial charge in [-0.2, -0.15) is 0 Å². The molecule has 0 bridgehead atoms. The molecule has 0 aliphatic heterocycles. The fraction of sp³-hybridized carbons (Fsp3) is 0.235. The third-order valence-electron chi connectivity index (χ3n) is 5.06. The van der Waals surface area contributed by atoms with Gasteiger partial charge in [-0.1, -0.05) is 162 Å². The van der Waals surface area contributed by atoms with E-state index < -0.39 is 0 Å². The standard InChI is InChI=1S/C28H24.3C2H6/c1-21-7-11-23(12-8-21)15-17-26-19-18-25-5-3-4-6-27(25)28(26)20-16-24-13-9-22(2)10-14-24;3*1-2/h3-20H,1-2H3;3*1-2H3. The van der Waals surface area contributed by atoms with E-state index in [1.165, 1.54) is 44.2 Å². The molecule has 0 saturated carbocycles. The first-order valence-electron chi connectivity index (χ1n) is 12.7. The van der Waals surface area contributed by atoms with Crippen molar-refractivity contribution in [3.63, 3.8) is 0 Å². The van der Waals surface area contributed by atoms with Crippen LogP contribution in [0.4, 0.5) is 0 Å². The molecule has 0 aliphatic carbocycles. The number of hydrogen-bond acceptors (Lipinski definition) is 0. The number of fused-ring (bicyclic) bond motifs is 1. The highest BCUT2D eigenvalue weighted by atomic mass is 14.1. The Morgan fingerprint density at radius 3 is 1.44 bits per heavy atom. The maximum atomic E-state index is 2.24. The Kier molecular flexibility index (Phi) is 13.7. The minimum Gasteiger partial charge on any atom is -0.0683 e. The summed E-state index contributed by atoms with van der Waals surface area (Å²) in [7, 11) is 0. The van der Waals surface area contributed by atoms with Gasteiger partial charge < -0.3 is 0 Å². The highest BCUT2D eigenvalue weighted by Gasteiger charge is 2.03. The van der Waals surface area contributed by atoms with E-state index in [0.29, 0.717) is 0 Å². The van der Waals surface area contributed by atoms with Crippen LogP contribution in [0.25, 0.3) is 35.1 Å². The summed E-state index contributed by atoms with van der Waals surface area (Å²) >= 11 is 0. The largest absolute Gasteiger partial charge is 0.0683 e. The summed E-state index contributed by atoms with van der Waals surface area (Å²) in [5.41, 5.74) is 7.47. The van der Waals surface area contributed by atoms with Crippen molar-refractivity contribution in [2.24, 2.45) is 0 Å². The van der Waals surface area contributed by atoms with Gasteiger partial charge in [-0.25, -0.2) is 0 Å². The Hall–Kier alpha value is -3.38. The lowest BCUT2D eigenvalue weighted by Gasteiger charge is -2.08. The molecule has 4 rings (SSSR count). The SMILES string of the molecule is CC.CC.CC.Cc1ccc(C=Cc2ccc3ccccc3c2C=Cc2ccc(C)cc2)cc1. The van der Waals surface area contributed by atoms with Gasteiger partial charge >= 0.3 is 0 Å². The summed E-state index contributed by atoms with van der Waals surface area (Å²) in [6, 6.07) is 30.3. The first-order valence-corrected chi connectivity index (χ1v) is 12.7. The molecule has 0 nitrogen and oxygen atoms in total. The van der Waals surface area contributed by atoms with Crippen molar-refractivity contribution < 1.29 is 0 Å². The van der Waals surface area contributed by atoms with Crippen LogP contribution in [-0.4, -0.2) is 0 Å². The molecule has 34 heavy (non-hydrogen) atoms. The van der Waals surface area contributed by atoms with E-state index in [1.807, 2.05) is 41.5 Å². The molecule has 0 radical (unpaired) electrons. The number of rotatable bonds is 4. The van der Waals surface area contributed by atoms with Gasteiger partial charge in [0.25, 0.3) is 0 Å². The lowest BCUT2D eigenvalue weighted by molar-refractivity contribution is 1.46. The summed E-state index contributed by atoms with van der Waals surface area (Å²) in [5, 5.41) is 2.54. The van der Waals surface area contributed by atoms with E-state index in [2.05, 4.69) is 123 Å². The van der Waals surface area contributed by atoms with Crippen LogP contribution in [0.2, 0.25) is 0 Å². The zero-order valence-electron chi connectivity index (χ0n) is 22.4. The molecule has 0 heteroatoms. The zero-order chi connectivity index (χ0) is 25.3. The summed E-state index contributed by atoms with van der Waals surface area (Å²) in [6.45, 7) is 16.2. The predicted octanol–water partition coefficient (Wildman–Crippen LogP) is 10.9. The van der Waals surface area contributed by atoms with Gasteiger partial charge in [-0.3, -0.25) is 0 Å². The Labute approximate surface area is 208 Å². The van der Waals surface area contributed by atoms with Gasteiger partial charge in [0.15, 0.2) is 0 Å². The van der Waals surface area contributed by atoms with E-state index in [-0.39, 0.29) is 0 Å². The average molecular weight is 451 g/mol. The predicted molar refractivity (Wildman–Crippen MR) is 158 cm³/mol. The summed E-state index contributed by atoms with van der Waals surface area (Å²) in [5.74, 6) is 0. The molecular weight excluding hydrogens is 408 g/mol. The Morgan fingerprint density at radius 1 is 0.441 bits per heavy atom. The molecule has 0 atom stereocenters. The Bertz CT molecular complexity index is 1140. The van der Waals surface area contributed by atoms with Crippen molar-refractivity contribution in [3.8, 4) is 0 Å². The summed E-state index contributed by atoms with van der Waals surface area (Å²) in [4.78, 5) is 0. The van der Waals surface area contributed by atoms with Crippen molar-refractivity contribution >= 4 is 35.1 Å². The first-order chi connectivity index (χ1) is 16.7. The third-order valence-corrected chi connectivity index (χ3v) is 5.06. The average Bonchev–Trinajstić information content (AvgIpc) is 2.91. The fourth-order valence-corrected chi connectivity index (χ4v) is 3.36. The molecule has 0 unspecified atom stereocenters. The molecule has 0 saturated heterocycles. The highest BCUT2D eigenvalue weighted by Crippen LogP contribution is 2.26. The monoisotopic (exact) mass is 450 g/mol. The van der Waals surface area contributed by atoms with Crippen molar-refractivity contribution in [1.82, 2.24) is 0 Å². The lowest BCUT2D eigenvalue weighted by atomic mass is 9.97. The van der Waals surface area contributed by atoms with E-state index in [1.54, 1.807) is 0 Å². The van der Waals surface area contributed by atoms with Crippen molar-refractivity contribution in [2.45, 2.75) is 55.4 Å². The van der Waals surface area contributed by atoms with Crippen molar-refractivity contribution in [1.29, 1.82) is 0 Å². The lowest BCUT2D eigenvalue weighted by Crippen LogP contribution is -1.85. The zero-order valence-corrected chi connectivity index (χ0v) is 22.4. The third kappa shape index (κ3) is 8.52. The second kappa shape index (κ2) is 16.3. The summed E-state index contributed by atoms with van der Waals surface area (Å²) in [6.07, 6.45) is 8.84. The minimum atomic E-state index is 1.21. The molecule has 0 aromatic heterocycles. The van der Waals surface area contributed by atoms with Gasteiger partial charge in [-0.15, -0.1) is 0 Å². The van der Waals surface area contributed by atoms with E-state index in [9.17, 15) is 0 Å². The van der Waals surface area contributed by atoms with Crippen LogP contribution in [0.3, 0.4) is 0 Å². The van der Waals surface area contributed by atoms with E-state index in [0.717, 1.165) is 0 Å². The molecule has 178 valence electrons. The van der Waals surface area contributed by atoms with Gasteiger partial charge in [0.2, 0.25) is 0 Å². The number of benzene rings is 4. The van der Waals surface area contributed by atoms with Crippen molar-refractivity contribution in [3.05, 3.63) is 118 Å². The molecular formula is C34H42. The van der Waals surface area contributed by atoms with Gasteiger partial charge in [0.1, 0.15) is 0 Å². The van der Waals surface area contributed by atoms with E-state index >= 15 is 0 Å². The van der Waals surface area contributed by atoms with Gasteiger partial charge in [0, 0.05) is 0 Å². The van der Waals surface area contributed by atoms with Crippen LogP contribution in [0.15, 0.2) is 84.9 Å². The minimum absolute atomic E-state index is 1.21. The first kappa shape index (κ1) is 28.7. The second-order valence-electron chi connectivity index (χ2n) is 7.28. The topological polar surface area (TPSA) is 0 Å². The van der Waals surface area contributed by atoms with Crippen LogP contribution in [0.1, 0.15) is 74.9 Å². The Morgan fingerprint density at radius 2 is 0.912 bits per heavy atom. The molecule has 0 N–H and O–H groups in total. The number of aryl methyl sites for hydroxylation is 2. The molecule has 4 aromatic rings. The molecule has 0 aliphatic rings. The molecule has 0 amide bonds. The van der Waals surface area contributed by atoms with Crippen LogP contribution in [-0.2, 0) is 0 Å². The highest BCUT2D eigenvalue weighted by molar-refractivity contribution is 5.97. The van der Waals surface area contributed by atoms with Gasteiger partial charge in [0.05, 0.1) is 0 Å². The van der Waals surface area contributed by atoms with Crippen LogP contribution in [0.5, 0.6) is 0 Å². The second-order valence-corrected chi connectivity index (χ2v) is 7.28.